The van der Waals surface area contributed by atoms with E-state index < -0.39 is 6.10 Å². The molecule has 1 fully saturated rings. The highest BCUT2D eigenvalue weighted by molar-refractivity contribution is 7.10. The summed E-state index contributed by atoms with van der Waals surface area (Å²) in [6, 6.07) is 2.07. The van der Waals surface area contributed by atoms with Crippen molar-refractivity contribution in [1.82, 2.24) is 9.88 Å². The smallest absolute Gasteiger partial charge is 0.256 e. The Morgan fingerprint density at radius 2 is 2.04 bits per heavy atom. The summed E-state index contributed by atoms with van der Waals surface area (Å²) in [6.07, 6.45) is 0.179. The number of ketones is 1. The van der Waals surface area contributed by atoms with Gasteiger partial charge >= 0.3 is 0 Å². The Morgan fingerprint density at radius 1 is 1.32 bits per heavy atom. The SMILES string of the molecule is CC(=O)c1[nH]c(C)c(C(=O)N2CC[C@@H](c3sccc3C)[C@H](O)C2)c1C. The number of carbonyl (C=O) groups excluding carboxylic acids is 2. The van der Waals surface area contributed by atoms with Crippen LogP contribution in [0.1, 0.15) is 61.8 Å². The summed E-state index contributed by atoms with van der Waals surface area (Å²) in [7, 11) is 0. The lowest BCUT2D eigenvalue weighted by molar-refractivity contribution is 0.0386. The van der Waals surface area contributed by atoms with Crippen LogP contribution in [0.5, 0.6) is 0 Å². The molecular formula is C19H24N2O3S. The molecule has 0 aliphatic carbocycles. The number of aliphatic hydroxyl groups excluding tert-OH is 1. The van der Waals surface area contributed by atoms with Crippen molar-refractivity contribution in [3.05, 3.63) is 44.4 Å². The maximum atomic E-state index is 13.0. The van der Waals surface area contributed by atoms with Crippen LogP contribution < -0.4 is 0 Å². The minimum Gasteiger partial charge on any atom is -0.391 e. The first-order chi connectivity index (χ1) is 11.8. The van der Waals surface area contributed by atoms with Gasteiger partial charge < -0.3 is 15.0 Å². The Balaban J connectivity index is 1.80. The highest BCUT2D eigenvalue weighted by Crippen LogP contribution is 2.34. The summed E-state index contributed by atoms with van der Waals surface area (Å²) >= 11 is 1.67. The largest absolute Gasteiger partial charge is 0.391 e. The number of nitrogens with one attached hydrogen (secondary N) is 1. The van der Waals surface area contributed by atoms with Gasteiger partial charge in [-0.3, -0.25) is 9.59 Å². The van der Waals surface area contributed by atoms with Crippen LogP contribution >= 0.6 is 11.3 Å². The fourth-order valence-corrected chi connectivity index (χ4v) is 4.89. The van der Waals surface area contributed by atoms with Crippen molar-refractivity contribution in [1.29, 1.82) is 0 Å². The van der Waals surface area contributed by atoms with E-state index in [1.807, 2.05) is 12.3 Å². The summed E-state index contributed by atoms with van der Waals surface area (Å²) in [6.45, 7) is 8.09. The maximum absolute atomic E-state index is 13.0. The second kappa shape index (κ2) is 6.77. The number of nitrogens with zero attached hydrogens (tertiary/aromatic N) is 1. The fourth-order valence-electron chi connectivity index (χ4n) is 3.77. The van der Waals surface area contributed by atoms with Crippen molar-refractivity contribution in [2.75, 3.05) is 13.1 Å². The zero-order chi connectivity index (χ0) is 18.3. The van der Waals surface area contributed by atoms with Gasteiger partial charge in [0.25, 0.3) is 5.91 Å². The molecule has 1 aliphatic heterocycles. The molecule has 2 aromatic heterocycles. The van der Waals surface area contributed by atoms with Gasteiger partial charge in [0.1, 0.15) is 0 Å². The van der Waals surface area contributed by atoms with Crippen LogP contribution in [-0.2, 0) is 0 Å². The third-order valence-corrected chi connectivity index (χ3v) is 6.26. The third kappa shape index (κ3) is 3.16. The molecule has 0 saturated carbocycles. The Labute approximate surface area is 151 Å². The molecule has 1 amide bonds. The van der Waals surface area contributed by atoms with E-state index in [0.29, 0.717) is 35.6 Å². The number of aryl methyl sites for hydroxylation is 2. The maximum Gasteiger partial charge on any atom is 0.256 e. The van der Waals surface area contributed by atoms with Gasteiger partial charge in [0.15, 0.2) is 5.78 Å². The number of likely N-dealkylation sites (tertiary alicyclic amines) is 1. The van der Waals surface area contributed by atoms with E-state index in [9.17, 15) is 14.7 Å². The lowest BCUT2D eigenvalue weighted by Gasteiger charge is -2.36. The molecule has 134 valence electrons. The van der Waals surface area contributed by atoms with E-state index in [0.717, 1.165) is 6.42 Å². The molecule has 2 N–H and O–H groups in total. The Morgan fingerprint density at radius 3 is 2.56 bits per heavy atom. The number of rotatable bonds is 3. The first-order valence-electron chi connectivity index (χ1n) is 8.52. The first-order valence-corrected chi connectivity index (χ1v) is 9.40. The van der Waals surface area contributed by atoms with Gasteiger partial charge in [0.05, 0.1) is 17.4 Å². The fraction of sp³-hybridized carbons (Fsp3) is 0.474. The number of aromatic nitrogens is 1. The van der Waals surface area contributed by atoms with Crippen molar-refractivity contribution >= 4 is 23.0 Å². The van der Waals surface area contributed by atoms with Gasteiger partial charge in [0.2, 0.25) is 0 Å². The molecule has 1 saturated heterocycles. The molecule has 2 atom stereocenters. The average Bonchev–Trinajstić information content (AvgIpc) is 3.10. The minimum absolute atomic E-state index is 0.0773. The van der Waals surface area contributed by atoms with Gasteiger partial charge in [0, 0.05) is 36.5 Å². The molecule has 5 nitrogen and oxygen atoms in total. The average molecular weight is 360 g/mol. The van der Waals surface area contributed by atoms with Crippen LogP contribution in [0.15, 0.2) is 11.4 Å². The van der Waals surface area contributed by atoms with E-state index in [2.05, 4.69) is 18.0 Å². The number of piperidine rings is 1. The quantitative estimate of drug-likeness (QED) is 0.826. The zero-order valence-corrected chi connectivity index (χ0v) is 15.9. The second-order valence-electron chi connectivity index (χ2n) is 6.86. The van der Waals surface area contributed by atoms with E-state index in [4.69, 9.17) is 0 Å². The normalized spacial score (nSPS) is 20.8. The lowest BCUT2D eigenvalue weighted by Crippen LogP contribution is -2.46. The number of hydrogen-bond donors (Lipinski definition) is 2. The first kappa shape index (κ1) is 17.9. The van der Waals surface area contributed by atoms with E-state index >= 15 is 0 Å². The number of aromatic amines is 1. The molecule has 1 aliphatic rings. The lowest BCUT2D eigenvalue weighted by atomic mass is 9.90. The topological polar surface area (TPSA) is 73.4 Å². The predicted octanol–water partition coefficient (Wildman–Crippen LogP) is 3.19. The van der Waals surface area contributed by atoms with Crippen molar-refractivity contribution in [2.24, 2.45) is 0 Å². The molecule has 2 aromatic rings. The number of Topliss-reactive ketones (excluding diaryl/α,β-unsaturated/α-hetero) is 1. The van der Waals surface area contributed by atoms with Crippen molar-refractivity contribution < 1.29 is 14.7 Å². The molecule has 0 aromatic carbocycles. The highest BCUT2D eigenvalue weighted by atomic mass is 32.1. The molecule has 0 radical (unpaired) electrons. The molecule has 0 bridgehead atoms. The summed E-state index contributed by atoms with van der Waals surface area (Å²) in [4.78, 5) is 30.6. The minimum atomic E-state index is -0.568. The summed E-state index contributed by atoms with van der Waals surface area (Å²) < 4.78 is 0. The van der Waals surface area contributed by atoms with E-state index in [1.165, 1.54) is 17.4 Å². The van der Waals surface area contributed by atoms with Crippen LogP contribution in [-0.4, -0.2) is 45.9 Å². The highest BCUT2D eigenvalue weighted by Gasteiger charge is 2.34. The summed E-state index contributed by atoms with van der Waals surface area (Å²) in [5, 5.41) is 12.7. The summed E-state index contributed by atoms with van der Waals surface area (Å²) in [5.74, 6) is -0.101. The monoisotopic (exact) mass is 360 g/mol. The van der Waals surface area contributed by atoms with Crippen molar-refractivity contribution in [3.63, 3.8) is 0 Å². The molecular weight excluding hydrogens is 336 g/mol. The Hall–Kier alpha value is -1.92. The summed E-state index contributed by atoms with van der Waals surface area (Å²) in [5.41, 5.74) is 3.66. The number of hydrogen-bond acceptors (Lipinski definition) is 4. The molecule has 3 heterocycles. The van der Waals surface area contributed by atoms with Crippen LogP contribution in [0.2, 0.25) is 0 Å². The van der Waals surface area contributed by atoms with Gasteiger partial charge in [-0.1, -0.05) is 0 Å². The molecule has 25 heavy (non-hydrogen) atoms. The number of aliphatic hydroxyl groups is 1. The molecule has 0 spiro atoms. The van der Waals surface area contributed by atoms with Crippen LogP contribution in [0.3, 0.4) is 0 Å². The van der Waals surface area contributed by atoms with Crippen LogP contribution in [0, 0.1) is 20.8 Å². The van der Waals surface area contributed by atoms with Crippen molar-refractivity contribution in [2.45, 2.75) is 46.1 Å². The van der Waals surface area contributed by atoms with Gasteiger partial charge in [-0.15, -0.1) is 11.3 Å². The Kier molecular flexibility index (Phi) is 4.84. The number of β-amino-alcohol motifs (C(OH)–C–C–N with tert-alkyl or cyclic N) is 1. The van der Waals surface area contributed by atoms with E-state index in [-0.39, 0.29) is 17.6 Å². The predicted molar refractivity (Wildman–Crippen MR) is 98.6 cm³/mol. The van der Waals surface area contributed by atoms with Gasteiger partial charge in [-0.2, -0.15) is 0 Å². The zero-order valence-electron chi connectivity index (χ0n) is 15.0. The number of H-pyrrole nitrogens is 1. The van der Waals surface area contributed by atoms with Gasteiger partial charge in [-0.05, 0) is 49.8 Å². The number of amides is 1. The number of carbonyl (C=O) groups is 2. The van der Waals surface area contributed by atoms with E-state index in [1.54, 1.807) is 23.2 Å². The molecule has 3 rings (SSSR count). The number of thiophene rings is 1. The Bertz CT molecular complexity index is 821. The van der Waals surface area contributed by atoms with Crippen molar-refractivity contribution in [3.8, 4) is 0 Å². The molecule has 0 unspecified atom stereocenters. The second-order valence-corrected chi connectivity index (χ2v) is 7.81. The van der Waals surface area contributed by atoms with Crippen LogP contribution in [0.25, 0.3) is 0 Å². The third-order valence-electron chi connectivity index (χ3n) is 5.11. The molecule has 6 heteroatoms. The standard InChI is InChI=1S/C19H24N2O3S/c1-10-6-8-25-18(10)14-5-7-21(9-15(14)23)19(24)16-11(2)17(13(4)22)20-12(16)3/h6,8,14-15,20,23H,5,7,9H2,1-4H3/t14-,15-/m1/s1. The van der Waals surface area contributed by atoms with Crippen LogP contribution in [0.4, 0.5) is 0 Å². The van der Waals surface area contributed by atoms with Gasteiger partial charge in [-0.25, -0.2) is 0 Å².